The topological polar surface area (TPSA) is 49.7 Å². The van der Waals surface area contributed by atoms with Gasteiger partial charge >= 0.3 is 0 Å². The standard InChI is InChI=1S/C8H11FN2O2/c1-11(5-4-9)10-8(7-13)3-2-6-12/h2-3,6-7H,4-5H2,1H3/b3-2-,10-8+. The molecule has 0 radical (unpaired) electrons. The highest BCUT2D eigenvalue weighted by molar-refractivity contribution is 6.34. The molecular weight excluding hydrogens is 175 g/mol. The van der Waals surface area contributed by atoms with Crippen LogP contribution in [0.2, 0.25) is 0 Å². The minimum atomic E-state index is -0.538. The summed E-state index contributed by atoms with van der Waals surface area (Å²) < 4.78 is 11.8. The molecule has 13 heavy (non-hydrogen) atoms. The first-order chi connectivity index (χ1) is 6.24. The third-order valence-electron chi connectivity index (χ3n) is 1.16. The van der Waals surface area contributed by atoms with Gasteiger partial charge in [0.15, 0.2) is 6.29 Å². The molecule has 0 amide bonds. The van der Waals surface area contributed by atoms with E-state index in [1.54, 1.807) is 0 Å². The molecule has 0 bridgehead atoms. The zero-order valence-corrected chi connectivity index (χ0v) is 7.31. The second-order valence-corrected chi connectivity index (χ2v) is 2.21. The highest BCUT2D eigenvalue weighted by atomic mass is 19.1. The lowest BCUT2D eigenvalue weighted by Gasteiger charge is -2.09. The summed E-state index contributed by atoms with van der Waals surface area (Å²) in [6.07, 6.45) is 3.44. The number of carbonyl (C=O) groups is 2. The van der Waals surface area contributed by atoms with Gasteiger partial charge in [0.1, 0.15) is 18.7 Å². The van der Waals surface area contributed by atoms with Gasteiger partial charge < -0.3 is 0 Å². The van der Waals surface area contributed by atoms with E-state index in [1.165, 1.54) is 18.1 Å². The number of nitrogens with zero attached hydrogens (tertiary/aromatic N) is 2. The van der Waals surface area contributed by atoms with E-state index >= 15 is 0 Å². The maximum absolute atomic E-state index is 11.8. The number of hydrogen-bond acceptors (Lipinski definition) is 4. The Morgan fingerprint density at radius 1 is 1.54 bits per heavy atom. The molecule has 4 nitrogen and oxygen atoms in total. The Bertz CT molecular complexity index is 226. The Labute approximate surface area is 75.7 Å². The van der Waals surface area contributed by atoms with E-state index in [4.69, 9.17) is 0 Å². The van der Waals surface area contributed by atoms with Gasteiger partial charge in [0.2, 0.25) is 0 Å². The number of halogens is 1. The number of aldehydes is 2. The molecule has 0 aliphatic rings. The smallest absolute Gasteiger partial charge is 0.170 e. The Morgan fingerprint density at radius 3 is 2.69 bits per heavy atom. The van der Waals surface area contributed by atoms with Crippen molar-refractivity contribution < 1.29 is 14.0 Å². The first kappa shape index (κ1) is 11.5. The molecule has 0 aromatic carbocycles. The lowest BCUT2D eigenvalue weighted by atomic mass is 10.4. The fourth-order valence-electron chi connectivity index (χ4n) is 0.603. The Hall–Kier alpha value is -1.52. The molecule has 5 heteroatoms. The molecule has 0 atom stereocenters. The molecular formula is C8H11FN2O2. The van der Waals surface area contributed by atoms with E-state index in [2.05, 4.69) is 5.10 Å². The average Bonchev–Trinajstić information content (AvgIpc) is 2.12. The summed E-state index contributed by atoms with van der Waals surface area (Å²) >= 11 is 0. The van der Waals surface area contributed by atoms with Crippen molar-refractivity contribution in [2.75, 3.05) is 20.3 Å². The summed E-state index contributed by atoms with van der Waals surface area (Å²) in [6, 6.07) is 0. The average molecular weight is 186 g/mol. The number of alkyl halides is 1. The van der Waals surface area contributed by atoms with E-state index in [0.29, 0.717) is 12.6 Å². The van der Waals surface area contributed by atoms with Crippen molar-refractivity contribution in [1.82, 2.24) is 5.01 Å². The van der Waals surface area contributed by atoms with Crippen molar-refractivity contribution in [2.45, 2.75) is 0 Å². The van der Waals surface area contributed by atoms with Crippen LogP contribution in [0.4, 0.5) is 4.39 Å². The SMILES string of the molecule is CN(CCF)/N=C(C=O)\C=C/C=O. The molecule has 0 heterocycles. The highest BCUT2D eigenvalue weighted by Crippen LogP contribution is 1.86. The molecule has 0 N–H and O–H groups in total. The van der Waals surface area contributed by atoms with Crippen LogP contribution in [0, 0.1) is 0 Å². The Morgan fingerprint density at radius 2 is 2.23 bits per heavy atom. The van der Waals surface area contributed by atoms with Gasteiger partial charge in [-0.1, -0.05) is 0 Å². The van der Waals surface area contributed by atoms with Gasteiger partial charge in [0.05, 0.1) is 6.54 Å². The largest absolute Gasteiger partial charge is 0.299 e. The molecule has 0 unspecified atom stereocenters. The second-order valence-electron chi connectivity index (χ2n) is 2.21. The second kappa shape index (κ2) is 7.15. The maximum atomic E-state index is 11.8. The van der Waals surface area contributed by atoms with Crippen molar-refractivity contribution in [3.05, 3.63) is 12.2 Å². The van der Waals surface area contributed by atoms with Gasteiger partial charge in [0.25, 0.3) is 0 Å². The van der Waals surface area contributed by atoms with Crippen LogP contribution in [-0.4, -0.2) is 43.6 Å². The first-order valence-corrected chi connectivity index (χ1v) is 3.67. The minimum absolute atomic E-state index is 0.0862. The predicted molar refractivity (Wildman–Crippen MR) is 47.3 cm³/mol. The van der Waals surface area contributed by atoms with Crippen LogP contribution < -0.4 is 0 Å². The minimum Gasteiger partial charge on any atom is -0.299 e. The van der Waals surface area contributed by atoms with Crippen LogP contribution in [0.15, 0.2) is 17.3 Å². The third-order valence-corrected chi connectivity index (χ3v) is 1.16. The Kier molecular flexibility index (Phi) is 6.31. The van der Waals surface area contributed by atoms with Gasteiger partial charge in [-0.05, 0) is 12.2 Å². The highest BCUT2D eigenvalue weighted by Gasteiger charge is 1.95. The number of hydrazone groups is 1. The van der Waals surface area contributed by atoms with E-state index in [-0.39, 0.29) is 12.3 Å². The summed E-state index contributed by atoms with van der Waals surface area (Å²) in [5.41, 5.74) is 0.0862. The van der Waals surface area contributed by atoms with E-state index in [0.717, 1.165) is 6.08 Å². The molecule has 0 spiro atoms. The lowest BCUT2D eigenvalue weighted by Crippen LogP contribution is -2.16. The summed E-state index contributed by atoms with van der Waals surface area (Å²) in [4.78, 5) is 20.2. The van der Waals surface area contributed by atoms with Crippen LogP contribution in [0.3, 0.4) is 0 Å². The normalized spacial score (nSPS) is 11.7. The maximum Gasteiger partial charge on any atom is 0.170 e. The Balaban J connectivity index is 4.27. The van der Waals surface area contributed by atoms with Crippen molar-refractivity contribution >= 4 is 18.3 Å². The monoisotopic (exact) mass is 186 g/mol. The van der Waals surface area contributed by atoms with Gasteiger partial charge in [-0.2, -0.15) is 5.10 Å². The summed E-state index contributed by atoms with van der Waals surface area (Å²) in [7, 11) is 1.54. The van der Waals surface area contributed by atoms with Gasteiger partial charge in [0, 0.05) is 7.05 Å². The lowest BCUT2D eigenvalue weighted by molar-refractivity contribution is -0.104. The molecule has 0 saturated carbocycles. The number of allylic oxidation sites excluding steroid dienone is 2. The molecule has 0 rings (SSSR count). The molecule has 0 fully saturated rings. The third kappa shape index (κ3) is 5.72. The number of carbonyl (C=O) groups excluding carboxylic acids is 2. The number of hydrogen-bond donors (Lipinski definition) is 0. The number of rotatable bonds is 6. The first-order valence-electron chi connectivity index (χ1n) is 3.67. The van der Waals surface area contributed by atoms with Crippen LogP contribution in [0.1, 0.15) is 0 Å². The van der Waals surface area contributed by atoms with Crippen molar-refractivity contribution in [1.29, 1.82) is 0 Å². The van der Waals surface area contributed by atoms with Crippen LogP contribution >= 0.6 is 0 Å². The molecule has 72 valence electrons. The van der Waals surface area contributed by atoms with Crippen LogP contribution in [0.25, 0.3) is 0 Å². The quantitative estimate of drug-likeness (QED) is 0.257. The van der Waals surface area contributed by atoms with E-state index < -0.39 is 6.67 Å². The van der Waals surface area contributed by atoms with Crippen molar-refractivity contribution in [2.24, 2.45) is 5.10 Å². The fourth-order valence-corrected chi connectivity index (χ4v) is 0.603. The van der Waals surface area contributed by atoms with Gasteiger partial charge in [-0.25, -0.2) is 4.39 Å². The van der Waals surface area contributed by atoms with E-state index in [1.807, 2.05) is 0 Å². The van der Waals surface area contributed by atoms with Gasteiger partial charge in [-0.15, -0.1) is 0 Å². The van der Waals surface area contributed by atoms with E-state index in [9.17, 15) is 14.0 Å². The zero-order chi connectivity index (χ0) is 10.1. The predicted octanol–water partition coefficient (Wildman–Crippen LogP) is 0.198. The van der Waals surface area contributed by atoms with Gasteiger partial charge in [-0.3, -0.25) is 14.6 Å². The summed E-state index contributed by atoms with van der Waals surface area (Å²) in [5.74, 6) is 0. The molecule has 0 saturated heterocycles. The molecule has 0 aromatic rings. The molecule has 0 aliphatic carbocycles. The fraction of sp³-hybridized carbons (Fsp3) is 0.375. The van der Waals surface area contributed by atoms with Crippen LogP contribution in [-0.2, 0) is 9.59 Å². The molecule has 0 aromatic heterocycles. The van der Waals surface area contributed by atoms with Crippen molar-refractivity contribution in [3.63, 3.8) is 0 Å². The van der Waals surface area contributed by atoms with Crippen LogP contribution in [0.5, 0.6) is 0 Å². The van der Waals surface area contributed by atoms with Crippen molar-refractivity contribution in [3.8, 4) is 0 Å². The molecule has 0 aliphatic heterocycles. The summed E-state index contributed by atoms with van der Waals surface area (Å²) in [5, 5.41) is 5.01. The zero-order valence-electron chi connectivity index (χ0n) is 7.31. The summed E-state index contributed by atoms with van der Waals surface area (Å²) in [6.45, 7) is -0.421.